The van der Waals surface area contributed by atoms with Crippen LogP contribution in [0.3, 0.4) is 0 Å². The molecule has 0 spiro atoms. The SMILES string of the molecule is C#CCOCCOCCNC(=O)CCC(CCC(=O)NCCOCCOCC#C)(CCC(=O)NCCOCCOCC#C)NC(=O)CCCC(=O)NCCCCCCOP(=O)(O)C(C)(C)C. The largest absolute Gasteiger partial charge is 0.377 e. The third kappa shape index (κ3) is 36.1. The standard InChI is InChI=1S/C46H78N5O14P/c1-7-27-59-34-37-62-31-24-48-41(53)17-20-46(21-18-42(54)49-25-32-63-38-35-60-28-8-2,22-19-43(55)50-26-33-64-39-36-61-29-9-3)51-44(56)16-14-15-40(52)47-23-12-10-11-13-30-65-66(57,58)45(4,5)6/h1-3H,10-39H2,4-6H3,(H,47,52)(H,48,53)(H,49,54)(H,50,55)(H,51,56)(H,57,58). The van der Waals surface area contributed by atoms with Gasteiger partial charge in [0.2, 0.25) is 29.5 Å². The first kappa shape index (κ1) is 61.9. The van der Waals surface area contributed by atoms with Gasteiger partial charge in [0.05, 0.1) is 71.2 Å². The molecule has 66 heavy (non-hydrogen) atoms. The molecule has 0 fully saturated rings. The Balaban J connectivity index is 5.54. The molecule has 376 valence electrons. The molecule has 0 rings (SSSR count). The van der Waals surface area contributed by atoms with Crippen LogP contribution in [0.2, 0.25) is 0 Å². The predicted molar refractivity (Wildman–Crippen MR) is 250 cm³/mol. The van der Waals surface area contributed by atoms with E-state index in [-0.39, 0.29) is 147 Å². The van der Waals surface area contributed by atoms with Crippen molar-refractivity contribution >= 4 is 37.1 Å². The summed E-state index contributed by atoms with van der Waals surface area (Å²) in [4.78, 5) is 75.4. The van der Waals surface area contributed by atoms with Crippen LogP contribution in [-0.4, -0.2) is 157 Å². The van der Waals surface area contributed by atoms with E-state index in [2.05, 4.69) is 44.3 Å². The summed E-state index contributed by atoms with van der Waals surface area (Å²) in [6.07, 6.45) is 18.9. The molecule has 1 unspecified atom stereocenters. The van der Waals surface area contributed by atoms with Crippen LogP contribution in [-0.2, 0) is 61.5 Å². The predicted octanol–water partition coefficient (Wildman–Crippen LogP) is 2.38. The monoisotopic (exact) mass is 956 g/mol. The van der Waals surface area contributed by atoms with Gasteiger partial charge in [0, 0.05) is 63.8 Å². The van der Waals surface area contributed by atoms with Crippen LogP contribution >= 0.6 is 7.60 Å². The highest BCUT2D eigenvalue weighted by molar-refractivity contribution is 7.54. The Hall–Kier alpha value is -4.06. The summed E-state index contributed by atoms with van der Waals surface area (Å²) in [6.45, 7) is 9.27. The summed E-state index contributed by atoms with van der Waals surface area (Å²) >= 11 is 0. The van der Waals surface area contributed by atoms with E-state index in [1.165, 1.54) is 0 Å². The lowest BCUT2D eigenvalue weighted by Crippen LogP contribution is -2.50. The lowest BCUT2D eigenvalue weighted by atomic mass is 9.82. The van der Waals surface area contributed by atoms with Gasteiger partial charge in [0.25, 0.3) is 0 Å². The van der Waals surface area contributed by atoms with Crippen LogP contribution in [0.15, 0.2) is 0 Å². The molecule has 0 aromatic rings. The summed E-state index contributed by atoms with van der Waals surface area (Å²) in [5.74, 6) is 5.54. The molecule has 0 aliphatic rings. The van der Waals surface area contributed by atoms with Crippen molar-refractivity contribution in [1.29, 1.82) is 0 Å². The molecule has 5 amide bonds. The topological polar surface area (TPSA) is 247 Å². The van der Waals surface area contributed by atoms with Gasteiger partial charge in [-0.1, -0.05) is 30.6 Å². The number of hydrogen-bond acceptors (Lipinski definition) is 13. The minimum absolute atomic E-state index is 0.0176. The molecular formula is C46H78N5O14P. The number of terminal acetylenes is 3. The zero-order valence-electron chi connectivity index (χ0n) is 39.6. The summed E-state index contributed by atoms with van der Waals surface area (Å²) in [6, 6.07) is 0. The average Bonchev–Trinajstić information content (AvgIpc) is 3.27. The molecule has 0 saturated carbocycles. The van der Waals surface area contributed by atoms with Crippen molar-refractivity contribution in [2.75, 3.05) is 112 Å². The third-order valence-corrected chi connectivity index (χ3v) is 11.8. The quantitative estimate of drug-likeness (QED) is 0.0292. The number of ether oxygens (including phenoxy) is 6. The zero-order chi connectivity index (χ0) is 49.2. The maximum Gasteiger partial charge on any atom is 0.333 e. The number of rotatable bonds is 43. The van der Waals surface area contributed by atoms with Gasteiger partial charge in [-0.25, -0.2) is 0 Å². The molecule has 1 atom stereocenters. The van der Waals surface area contributed by atoms with Crippen LogP contribution in [0.4, 0.5) is 0 Å². The molecule has 6 N–H and O–H groups in total. The second-order valence-corrected chi connectivity index (χ2v) is 18.8. The van der Waals surface area contributed by atoms with E-state index in [4.69, 9.17) is 52.2 Å². The van der Waals surface area contributed by atoms with Crippen molar-refractivity contribution in [1.82, 2.24) is 26.6 Å². The van der Waals surface area contributed by atoms with E-state index in [1.807, 2.05) is 0 Å². The average molecular weight is 956 g/mol. The number of carbonyl (C=O) groups is 5. The number of unbranched alkanes of at least 4 members (excludes halogenated alkanes) is 3. The summed E-state index contributed by atoms with van der Waals surface area (Å²) in [7, 11) is -3.70. The molecule has 0 saturated heterocycles. The number of nitrogens with one attached hydrogen (secondary N) is 5. The Kier molecular flexibility index (Phi) is 37.6. The van der Waals surface area contributed by atoms with Gasteiger partial charge in [0.15, 0.2) is 0 Å². The van der Waals surface area contributed by atoms with E-state index in [0.717, 1.165) is 12.8 Å². The lowest BCUT2D eigenvalue weighted by Gasteiger charge is -2.35. The van der Waals surface area contributed by atoms with Crippen molar-refractivity contribution in [2.45, 2.75) is 115 Å². The molecule has 20 heteroatoms. The number of carbonyl (C=O) groups excluding carboxylic acids is 5. The van der Waals surface area contributed by atoms with Crippen molar-refractivity contribution in [3.05, 3.63) is 0 Å². The first-order valence-corrected chi connectivity index (χ1v) is 24.3. The normalized spacial score (nSPS) is 12.2. The van der Waals surface area contributed by atoms with Gasteiger partial charge >= 0.3 is 7.60 Å². The van der Waals surface area contributed by atoms with E-state index >= 15 is 0 Å². The van der Waals surface area contributed by atoms with E-state index in [1.54, 1.807) is 20.8 Å². The van der Waals surface area contributed by atoms with Crippen LogP contribution in [0, 0.1) is 37.0 Å². The van der Waals surface area contributed by atoms with Gasteiger partial charge in [-0.05, 0) is 59.3 Å². The Morgan fingerprint density at radius 3 is 1.24 bits per heavy atom. The van der Waals surface area contributed by atoms with Crippen molar-refractivity contribution in [2.24, 2.45) is 0 Å². The smallest absolute Gasteiger partial charge is 0.333 e. The molecule has 0 heterocycles. The second-order valence-electron chi connectivity index (χ2n) is 16.1. The Morgan fingerprint density at radius 1 is 0.470 bits per heavy atom. The minimum atomic E-state index is -3.70. The molecule has 0 radical (unpaired) electrons. The highest BCUT2D eigenvalue weighted by atomic mass is 31.2. The molecule has 0 aliphatic heterocycles. The van der Waals surface area contributed by atoms with Crippen molar-refractivity contribution < 1.29 is 66.4 Å². The van der Waals surface area contributed by atoms with Gasteiger partial charge in [-0.15, -0.1) is 19.3 Å². The Labute approximate surface area is 393 Å². The van der Waals surface area contributed by atoms with Gasteiger partial charge in [-0.3, -0.25) is 28.5 Å². The number of amides is 5. The molecule has 0 aromatic heterocycles. The van der Waals surface area contributed by atoms with Crippen molar-refractivity contribution in [3.8, 4) is 37.0 Å². The minimum Gasteiger partial charge on any atom is -0.377 e. The fourth-order valence-corrected chi connectivity index (χ4v) is 6.54. The Morgan fingerprint density at radius 2 is 0.833 bits per heavy atom. The van der Waals surface area contributed by atoms with Crippen LogP contribution < -0.4 is 26.6 Å². The summed E-state index contributed by atoms with van der Waals surface area (Å²) in [5.41, 5.74) is -1.15. The highest BCUT2D eigenvalue weighted by Gasteiger charge is 2.36. The molecule has 0 aromatic carbocycles. The maximum absolute atomic E-state index is 13.6. The summed E-state index contributed by atoms with van der Waals surface area (Å²) < 4.78 is 49.4. The van der Waals surface area contributed by atoms with Gasteiger partial charge < -0.3 is 64.4 Å². The Bertz CT molecular complexity index is 1430. The maximum atomic E-state index is 13.6. The van der Waals surface area contributed by atoms with E-state index in [9.17, 15) is 33.4 Å². The zero-order valence-corrected chi connectivity index (χ0v) is 40.5. The van der Waals surface area contributed by atoms with Crippen molar-refractivity contribution in [3.63, 3.8) is 0 Å². The van der Waals surface area contributed by atoms with Crippen LogP contribution in [0.1, 0.15) is 104 Å². The van der Waals surface area contributed by atoms with Crippen LogP contribution in [0.25, 0.3) is 0 Å². The third-order valence-electron chi connectivity index (χ3n) is 9.59. The van der Waals surface area contributed by atoms with Crippen LogP contribution in [0.5, 0.6) is 0 Å². The highest BCUT2D eigenvalue weighted by Crippen LogP contribution is 2.54. The molecular weight excluding hydrogens is 878 g/mol. The first-order valence-electron chi connectivity index (χ1n) is 22.7. The molecule has 19 nitrogen and oxygen atoms in total. The fraction of sp³-hybridized carbons (Fsp3) is 0.761. The second kappa shape index (κ2) is 40.0. The lowest BCUT2D eigenvalue weighted by molar-refractivity contribution is -0.128. The molecule has 0 aliphatic carbocycles. The molecule has 0 bridgehead atoms. The fourth-order valence-electron chi connectivity index (χ4n) is 5.77. The first-order chi connectivity index (χ1) is 31.6. The van der Waals surface area contributed by atoms with Gasteiger partial charge in [0.1, 0.15) is 19.8 Å². The van der Waals surface area contributed by atoms with E-state index < -0.39 is 24.2 Å². The van der Waals surface area contributed by atoms with E-state index in [0.29, 0.717) is 59.0 Å². The van der Waals surface area contributed by atoms with Gasteiger partial charge in [-0.2, -0.15) is 0 Å². The number of hydrogen-bond donors (Lipinski definition) is 6. The summed E-state index contributed by atoms with van der Waals surface area (Å²) in [5, 5.41) is 13.5.